The van der Waals surface area contributed by atoms with Gasteiger partial charge >= 0.3 is 0 Å². The summed E-state index contributed by atoms with van der Waals surface area (Å²) in [4.78, 5) is 19.1. The average molecular weight is 341 g/mol. The van der Waals surface area contributed by atoms with Crippen molar-refractivity contribution in [2.45, 2.75) is 6.10 Å². The maximum absolute atomic E-state index is 13.0. The summed E-state index contributed by atoms with van der Waals surface area (Å²) in [5, 5.41) is 0. The van der Waals surface area contributed by atoms with Gasteiger partial charge in [-0.15, -0.1) is 0 Å². The Balaban J connectivity index is 1.56. The first kappa shape index (κ1) is 15.7. The van der Waals surface area contributed by atoms with Gasteiger partial charge in [-0.1, -0.05) is 12.1 Å². The van der Waals surface area contributed by atoms with Crippen molar-refractivity contribution >= 4 is 11.7 Å². The van der Waals surface area contributed by atoms with Crippen LogP contribution in [0.2, 0.25) is 0 Å². The molecule has 25 heavy (non-hydrogen) atoms. The van der Waals surface area contributed by atoms with Gasteiger partial charge in [0.2, 0.25) is 0 Å². The highest BCUT2D eigenvalue weighted by atomic mass is 16.6. The second-order valence-corrected chi connectivity index (χ2v) is 5.93. The number of hydrogen-bond donors (Lipinski definition) is 1. The average Bonchev–Trinajstić information content (AvgIpc) is 2.67. The van der Waals surface area contributed by atoms with Crippen LogP contribution in [0, 0.1) is 0 Å². The van der Waals surface area contributed by atoms with Gasteiger partial charge < -0.3 is 24.8 Å². The second kappa shape index (κ2) is 6.60. The van der Waals surface area contributed by atoms with Gasteiger partial charge in [0, 0.05) is 6.54 Å². The maximum atomic E-state index is 13.0. The summed E-state index contributed by atoms with van der Waals surface area (Å²) in [6, 6.07) is 10.8. The largest absolute Gasteiger partial charge is 0.486 e. The van der Waals surface area contributed by atoms with Gasteiger partial charge in [0.1, 0.15) is 25.1 Å². The summed E-state index contributed by atoms with van der Waals surface area (Å²) in [5.74, 6) is 1.47. The molecule has 0 unspecified atom stereocenters. The minimum absolute atomic E-state index is 0.0976. The fourth-order valence-corrected chi connectivity index (χ4v) is 3.07. The van der Waals surface area contributed by atoms with E-state index in [2.05, 4.69) is 4.98 Å². The number of hydrogen-bond acceptors (Lipinski definition) is 6. The predicted molar refractivity (Wildman–Crippen MR) is 90.7 cm³/mol. The van der Waals surface area contributed by atoms with Crippen molar-refractivity contribution in [1.29, 1.82) is 0 Å². The standard InChI is InChI=1S/C18H19N3O4/c19-16-6-2-4-13(20-16)15-11-21(7-8-23-15)18(22)12-3-1-5-14-17(12)25-10-9-24-14/h1-6,15H,7-11H2,(H2,19,20)/t15-/m0/s1. The summed E-state index contributed by atoms with van der Waals surface area (Å²) in [5.41, 5.74) is 6.99. The number of rotatable bonds is 2. The number of para-hydroxylation sites is 1. The summed E-state index contributed by atoms with van der Waals surface area (Å²) in [7, 11) is 0. The Labute approximate surface area is 145 Å². The Morgan fingerprint density at radius 3 is 2.84 bits per heavy atom. The van der Waals surface area contributed by atoms with Crippen LogP contribution >= 0.6 is 0 Å². The van der Waals surface area contributed by atoms with E-state index in [0.29, 0.717) is 55.8 Å². The first-order valence-corrected chi connectivity index (χ1v) is 8.24. The summed E-state index contributed by atoms with van der Waals surface area (Å²) in [6.45, 7) is 2.31. The Morgan fingerprint density at radius 1 is 1.12 bits per heavy atom. The zero-order valence-corrected chi connectivity index (χ0v) is 13.7. The van der Waals surface area contributed by atoms with Gasteiger partial charge in [0.05, 0.1) is 24.4 Å². The molecule has 1 fully saturated rings. The number of morpholine rings is 1. The summed E-state index contributed by atoms with van der Waals surface area (Å²) < 4.78 is 17.0. The lowest BCUT2D eigenvalue weighted by Crippen LogP contribution is -2.42. The Bertz CT molecular complexity index is 796. The van der Waals surface area contributed by atoms with Crippen molar-refractivity contribution in [1.82, 2.24) is 9.88 Å². The highest BCUT2D eigenvalue weighted by Gasteiger charge is 2.30. The number of fused-ring (bicyclic) bond motifs is 1. The zero-order chi connectivity index (χ0) is 17.2. The minimum Gasteiger partial charge on any atom is -0.486 e. The molecule has 2 aromatic rings. The number of carbonyl (C=O) groups excluding carboxylic acids is 1. The van der Waals surface area contributed by atoms with Crippen LogP contribution in [-0.2, 0) is 4.74 Å². The van der Waals surface area contributed by atoms with E-state index in [0.717, 1.165) is 5.69 Å². The van der Waals surface area contributed by atoms with E-state index in [1.54, 1.807) is 23.1 Å². The lowest BCUT2D eigenvalue weighted by Gasteiger charge is -2.33. The fraction of sp³-hybridized carbons (Fsp3) is 0.333. The number of nitrogen functional groups attached to an aromatic ring is 1. The molecular formula is C18H19N3O4. The molecule has 4 rings (SSSR count). The highest BCUT2D eigenvalue weighted by molar-refractivity contribution is 5.98. The Hall–Kier alpha value is -2.80. The third-order valence-electron chi connectivity index (χ3n) is 4.27. The molecule has 1 amide bonds. The van der Waals surface area contributed by atoms with Crippen LogP contribution in [-0.4, -0.2) is 48.7 Å². The number of pyridine rings is 1. The Morgan fingerprint density at radius 2 is 1.96 bits per heavy atom. The second-order valence-electron chi connectivity index (χ2n) is 5.93. The fourth-order valence-electron chi connectivity index (χ4n) is 3.07. The lowest BCUT2D eigenvalue weighted by atomic mass is 10.1. The number of benzene rings is 1. The third-order valence-corrected chi connectivity index (χ3v) is 4.27. The monoisotopic (exact) mass is 341 g/mol. The van der Waals surface area contributed by atoms with Gasteiger partial charge in [0.25, 0.3) is 5.91 Å². The normalized spacial score (nSPS) is 19.5. The molecule has 7 nitrogen and oxygen atoms in total. The number of ether oxygens (including phenoxy) is 3. The van der Waals surface area contributed by atoms with E-state index < -0.39 is 0 Å². The lowest BCUT2D eigenvalue weighted by molar-refractivity contribution is -0.0248. The van der Waals surface area contributed by atoms with Crippen LogP contribution in [0.15, 0.2) is 36.4 Å². The number of carbonyl (C=O) groups is 1. The van der Waals surface area contributed by atoms with Crippen LogP contribution in [0.4, 0.5) is 5.82 Å². The molecular weight excluding hydrogens is 322 g/mol. The number of nitrogens with two attached hydrogens (primary N) is 1. The van der Waals surface area contributed by atoms with E-state index in [9.17, 15) is 4.79 Å². The van der Waals surface area contributed by atoms with Gasteiger partial charge in [-0.2, -0.15) is 0 Å². The molecule has 2 N–H and O–H groups in total. The number of nitrogens with zero attached hydrogens (tertiary/aromatic N) is 2. The number of anilines is 1. The zero-order valence-electron chi connectivity index (χ0n) is 13.7. The van der Waals surface area contributed by atoms with E-state index in [-0.39, 0.29) is 12.0 Å². The molecule has 0 aliphatic carbocycles. The topological polar surface area (TPSA) is 86.9 Å². The van der Waals surface area contributed by atoms with Gasteiger partial charge in [-0.25, -0.2) is 4.98 Å². The summed E-state index contributed by atoms with van der Waals surface area (Å²) >= 11 is 0. The van der Waals surface area contributed by atoms with Crippen molar-refractivity contribution in [2.75, 3.05) is 38.6 Å². The summed E-state index contributed by atoms with van der Waals surface area (Å²) in [6.07, 6.45) is -0.294. The first-order chi connectivity index (χ1) is 12.2. The van der Waals surface area contributed by atoms with Crippen LogP contribution < -0.4 is 15.2 Å². The van der Waals surface area contributed by atoms with E-state index in [1.165, 1.54) is 0 Å². The quantitative estimate of drug-likeness (QED) is 0.894. The van der Waals surface area contributed by atoms with Crippen molar-refractivity contribution in [3.63, 3.8) is 0 Å². The Kier molecular flexibility index (Phi) is 4.15. The number of amides is 1. The SMILES string of the molecule is Nc1cccc([C@@H]2CN(C(=O)c3cccc4c3OCCO4)CCO2)n1. The van der Waals surface area contributed by atoms with Gasteiger partial charge in [0.15, 0.2) is 11.5 Å². The van der Waals surface area contributed by atoms with Crippen molar-refractivity contribution in [3.8, 4) is 11.5 Å². The van der Waals surface area contributed by atoms with Gasteiger partial charge in [-0.3, -0.25) is 4.79 Å². The van der Waals surface area contributed by atoms with Gasteiger partial charge in [-0.05, 0) is 24.3 Å². The first-order valence-electron chi connectivity index (χ1n) is 8.24. The van der Waals surface area contributed by atoms with Crippen molar-refractivity contribution < 1.29 is 19.0 Å². The maximum Gasteiger partial charge on any atom is 0.257 e. The molecule has 0 radical (unpaired) electrons. The molecule has 7 heteroatoms. The van der Waals surface area contributed by atoms with E-state index in [4.69, 9.17) is 19.9 Å². The van der Waals surface area contributed by atoms with E-state index in [1.807, 2.05) is 18.2 Å². The molecule has 2 aliphatic heterocycles. The highest BCUT2D eigenvalue weighted by Crippen LogP contribution is 2.35. The number of aromatic nitrogens is 1. The molecule has 130 valence electrons. The minimum atomic E-state index is -0.294. The molecule has 0 saturated carbocycles. The van der Waals surface area contributed by atoms with Crippen LogP contribution in [0.5, 0.6) is 11.5 Å². The molecule has 0 spiro atoms. The van der Waals surface area contributed by atoms with Crippen LogP contribution in [0.1, 0.15) is 22.2 Å². The predicted octanol–water partition coefficient (Wildman–Crippen LogP) is 1.65. The smallest absolute Gasteiger partial charge is 0.257 e. The third kappa shape index (κ3) is 3.10. The molecule has 1 aromatic carbocycles. The molecule has 1 aromatic heterocycles. The van der Waals surface area contributed by atoms with Crippen molar-refractivity contribution in [3.05, 3.63) is 47.7 Å². The van der Waals surface area contributed by atoms with Crippen molar-refractivity contribution in [2.24, 2.45) is 0 Å². The molecule has 1 saturated heterocycles. The molecule has 2 aliphatic rings. The van der Waals surface area contributed by atoms with Crippen LogP contribution in [0.25, 0.3) is 0 Å². The molecule has 0 bridgehead atoms. The molecule has 1 atom stereocenters. The van der Waals surface area contributed by atoms with Crippen LogP contribution in [0.3, 0.4) is 0 Å². The van der Waals surface area contributed by atoms with E-state index >= 15 is 0 Å². The molecule has 3 heterocycles.